The summed E-state index contributed by atoms with van der Waals surface area (Å²) in [6.45, 7) is 9.25. The smallest absolute Gasteiger partial charge is 0.120 e. The van der Waals surface area contributed by atoms with Crippen molar-refractivity contribution in [2.45, 2.75) is 45.8 Å². The molecule has 0 amide bonds. The third-order valence-electron chi connectivity index (χ3n) is 8.28. The molecule has 0 atom stereocenters. The van der Waals surface area contributed by atoms with Gasteiger partial charge in [-0.25, -0.2) is 0 Å². The standard InChI is InChI=1S/C26H20NO.C15H18NSi.Ir/c1-26(2,19-8-4-3-5-9-19)20-14-15-27-23(17-20)18-12-13-25-22(16-18)21-10-6-7-11-24(21)28-25;1-12-5-7-13(8-6-12)15-10-9-14(11-16-15)17(2,3)4;/h3-11,13-17H,1-2H3;5-7,9-11H,1-4H3;/q2*-1;/i;1D3;. The molecule has 3 aromatic heterocycles. The summed E-state index contributed by atoms with van der Waals surface area (Å²) in [7, 11) is -1.34. The minimum Gasteiger partial charge on any atom is -0.500 e. The van der Waals surface area contributed by atoms with Gasteiger partial charge in [-0.2, -0.15) is 0 Å². The van der Waals surface area contributed by atoms with Crippen molar-refractivity contribution < 1.29 is 28.6 Å². The Morgan fingerprint density at radius 1 is 0.696 bits per heavy atom. The van der Waals surface area contributed by atoms with Gasteiger partial charge in [-0.3, -0.25) is 0 Å². The number of fused-ring (bicyclic) bond motifs is 3. The molecular formula is C41H38IrN2OSi-2. The molecule has 0 bridgehead atoms. The molecule has 0 aliphatic rings. The number of hydrogen-bond donors (Lipinski definition) is 0. The molecule has 233 valence electrons. The van der Waals surface area contributed by atoms with Gasteiger partial charge in [-0.1, -0.05) is 112 Å². The van der Waals surface area contributed by atoms with Crippen molar-refractivity contribution >= 4 is 35.2 Å². The monoisotopic (exact) mass is 798 g/mol. The summed E-state index contributed by atoms with van der Waals surface area (Å²) >= 11 is 0. The average molecular weight is 798 g/mol. The molecule has 7 rings (SSSR count). The Morgan fingerprint density at radius 3 is 2.15 bits per heavy atom. The van der Waals surface area contributed by atoms with E-state index in [9.17, 15) is 0 Å². The number of hydrogen-bond acceptors (Lipinski definition) is 3. The van der Waals surface area contributed by atoms with Crippen molar-refractivity contribution in [1.82, 2.24) is 9.97 Å². The van der Waals surface area contributed by atoms with Crippen molar-refractivity contribution in [2.75, 3.05) is 0 Å². The van der Waals surface area contributed by atoms with Crippen LogP contribution in [0.4, 0.5) is 0 Å². The van der Waals surface area contributed by atoms with E-state index >= 15 is 0 Å². The molecule has 0 N–H and O–H groups in total. The molecule has 46 heavy (non-hydrogen) atoms. The predicted molar refractivity (Wildman–Crippen MR) is 191 cm³/mol. The first kappa shape index (κ1) is 29.3. The number of aryl methyl sites for hydroxylation is 1. The van der Waals surface area contributed by atoms with Crippen LogP contribution in [-0.2, 0) is 25.5 Å². The van der Waals surface area contributed by atoms with E-state index in [2.05, 4.69) is 116 Å². The molecule has 0 unspecified atom stereocenters. The normalized spacial score (nSPS) is 12.8. The quantitative estimate of drug-likeness (QED) is 0.129. The summed E-state index contributed by atoms with van der Waals surface area (Å²) in [4.78, 5) is 9.10. The number of para-hydroxylation sites is 1. The molecule has 4 aromatic carbocycles. The number of furan rings is 1. The zero-order chi connectivity index (χ0) is 34.1. The van der Waals surface area contributed by atoms with Crippen LogP contribution in [0.5, 0.6) is 0 Å². The van der Waals surface area contributed by atoms with E-state index in [1.165, 1.54) is 22.4 Å². The van der Waals surface area contributed by atoms with Gasteiger partial charge in [0, 0.05) is 47.4 Å². The fraction of sp³-hybridized carbons (Fsp3) is 0.171. The molecule has 0 fully saturated rings. The Kier molecular flexibility index (Phi) is 8.70. The molecule has 1 radical (unpaired) electrons. The van der Waals surface area contributed by atoms with E-state index < -0.39 is 14.9 Å². The topological polar surface area (TPSA) is 38.9 Å². The fourth-order valence-corrected chi connectivity index (χ4v) is 6.42. The Bertz CT molecular complexity index is 2120. The maximum atomic E-state index is 7.35. The third-order valence-corrected chi connectivity index (χ3v) is 10.3. The zero-order valence-corrected chi connectivity index (χ0v) is 30.1. The van der Waals surface area contributed by atoms with Crippen LogP contribution in [0.2, 0.25) is 19.6 Å². The molecule has 3 heterocycles. The molecule has 0 spiro atoms. The van der Waals surface area contributed by atoms with Gasteiger partial charge in [0.05, 0.1) is 13.7 Å². The van der Waals surface area contributed by atoms with Gasteiger partial charge in [0.2, 0.25) is 0 Å². The second-order valence-electron chi connectivity index (χ2n) is 12.8. The number of nitrogens with zero attached hydrogens (tertiary/aromatic N) is 2. The van der Waals surface area contributed by atoms with Gasteiger partial charge in [0.25, 0.3) is 0 Å². The van der Waals surface area contributed by atoms with Gasteiger partial charge >= 0.3 is 0 Å². The molecule has 3 nitrogen and oxygen atoms in total. The van der Waals surface area contributed by atoms with Crippen LogP contribution in [-0.4, -0.2) is 18.0 Å². The van der Waals surface area contributed by atoms with Crippen molar-refractivity contribution in [2.24, 2.45) is 0 Å². The summed E-state index contributed by atoms with van der Waals surface area (Å²) < 4.78 is 28.0. The van der Waals surface area contributed by atoms with Gasteiger partial charge < -0.3 is 14.4 Å². The van der Waals surface area contributed by atoms with Crippen LogP contribution in [0.1, 0.15) is 34.7 Å². The minimum atomic E-state index is -2.08. The van der Waals surface area contributed by atoms with E-state index in [0.717, 1.165) is 44.5 Å². The largest absolute Gasteiger partial charge is 0.500 e. The maximum Gasteiger partial charge on any atom is 0.120 e. The summed E-state index contributed by atoms with van der Waals surface area (Å²) in [6, 6.07) is 42.4. The predicted octanol–water partition coefficient (Wildman–Crippen LogP) is 10.2. The van der Waals surface area contributed by atoms with Gasteiger partial charge in [0.1, 0.15) is 5.58 Å². The van der Waals surface area contributed by atoms with E-state index in [0.29, 0.717) is 5.56 Å². The summed E-state index contributed by atoms with van der Waals surface area (Å²) in [5, 5.41) is 3.52. The molecular weight excluding hydrogens is 757 g/mol. The zero-order valence-electron chi connectivity index (χ0n) is 29.7. The Hall–Kier alpha value is -4.15. The van der Waals surface area contributed by atoms with Crippen LogP contribution >= 0.6 is 0 Å². The van der Waals surface area contributed by atoms with Crippen molar-refractivity contribution in [3.63, 3.8) is 0 Å². The molecule has 0 saturated heterocycles. The number of rotatable bonds is 5. The summed E-state index contributed by atoms with van der Waals surface area (Å²) in [5.74, 6) is 0. The second kappa shape index (κ2) is 13.7. The first-order valence-corrected chi connectivity index (χ1v) is 18.7. The molecule has 7 aromatic rings. The van der Waals surface area contributed by atoms with Crippen LogP contribution in [0.15, 0.2) is 126 Å². The van der Waals surface area contributed by atoms with Crippen LogP contribution in [0.25, 0.3) is 44.5 Å². The fourth-order valence-electron chi connectivity index (χ4n) is 5.39. The molecule has 0 aliphatic heterocycles. The molecule has 0 saturated carbocycles. The van der Waals surface area contributed by atoms with Gasteiger partial charge in [0.15, 0.2) is 0 Å². The second-order valence-corrected chi connectivity index (χ2v) is 17.9. The SMILES string of the molecule is CC(C)(c1ccccc1)c1ccnc(-c2[c-]cc3oc4ccccc4c3c2)c1.[2H]C([2H])([2H])c1c[c-]c(-c2ccc([Si](C)(C)C)cn2)cc1.[Ir]. The number of benzene rings is 4. The van der Waals surface area contributed by atoms with Crippen molar-refractivity contribution in [1.29, 1.82) is 0 Å². The Labute approximate surface area is 291 Å². The number of pyridine rings is 2. The van der Waals surface area contributed by atoms with Gasteiger partial charge in [-0.15, -0.1) is 59.2 Å². The first-order valence-electron chi connectivity index (χ1n) is 16.7. The minimum absolute atomic E-state index is 0. The summed E-state index contributed by atoms with van der Waals surface area (Å²) in [5.41, 5.74) is 8.01. The first-order chi connectivity index (χ1) is 22.8. The van der Waals surface area contributed by atoms with E-state index in [1.54, 1.807) is 12.1 Å². The molecule has 5 heteroatoms. The van der Waals surface area contributed by atoms with Gasteiger partial charge in [-0.05, 0) is 39.8 Å². The summed E-state index contributed by atoms with van der Waals surface area (Å²) in [6.07, 6.45) is 3.81. The van der Waals surface area contributed by atoms with Crippen molar-refractivity contribution in [3.05, 3.63) is 150 Å². The maximum absolute atomic E-state index is 7.35. The molecule has 0 aliphatic carbocycles. The average Bonchev–Trinajstić information content (AvgIpc) is 3.46. The van der Waals surface area contributed by atoms with E-state index in [4.69, 9.17) is 8.53 Å². The van der Waals surface area contributed by atoms with E-state index in [1.807, 2.05) is 42.7 Å². The van der Waals surface area contributed by atoms with Crippen LogP contribution < -0.4 is 5.19 Å². The van der Waals surface area contributed by atoms with Crippen LogP contribution in [0.3, 0.4) is 0 Å². The Morgan fingerprint density at radius 2 is 1.46 bits per heavy atom. The third kappa shape index (κ3) is 7.13. The van der Waals surface area contributed by atoms with Crippen LogP contribution in [0, 0.1) is 19.0 Å². The van der Waals surface area contributed by atoms with E-state index in [-0.39, 0.29) is 25.5 Å². The number of aromatic nitrogens is 2. The Balaban J connectivity index is 0.000000199. The van der Waals surface area contributed by atoms with Crippen molar-refractivity contribution in [3.8, 4) is 22.5 Å².